The van der Waals surface area contributed by atoms with Crippen LogP contribution in [0.4, 0.5) is 10.5 Å². The minimum Gasteiger partial charge on any atom is -0.467 e. The maximum atomic E-state index is 12.2. The van der Waals surface area contributed by atoms with Gasteiger partial charge in [-0.05, 0) is 31.0 Å². The molecule has 24 heavy (non-hydrogen) atoms. The van der Waals surface area contributed by atoms with Crippen LogP contribution in [0.5, 0.6) is 0 Å². The number of hydrogen-bond acceptors (Lipinski definition) is 3. The predicted molar refractivity (Wildman–Crippen MR) is 94.0 cm³/mol. The molecule has 0 spiro atoms. The van der Waals surface area contributed by atoms with Crippen LogP contribution in [0.2, 0.25) is 0 Å². The molecule has 0 fully saturated rings. The summed E-state index contributed by atoms with van der Waals surface area (Å²) in [5.74, 6) is -0.477. The number of esters is 1. The second kappa shape index (κ2) is 8.15. The Balaban J connectivity index is 2.05. The van der Waals surface area contributed by atoms with Gasteiger partial charge in [-0.3, -0.25) is 0 Å². The maximum Gasteiger partial charge on any atom is 0.328 e. The van der Waals surface area contributed by atoms with E-state index in [1.165, 1.54) is 7.11 Å². The minimum atomic E-state index is -0.747. The maximum absolute atomic E-state index is 12.2. The molecule has 2 aromatic rings. The van der Waals surface area contributed by atoms with Crippen LogP contribution in [0, 0.1) is 13.8 Å². The third-order valence-electron chi connectivity index (χ3n) is 3.70. The lowest BCUT2D eigenvalue weighted by atomic mass is 10.1. The van der Waals surface area contributed by atoms with E-state index in [9.17, 15) is 9.59 Å². The Morgan fingerprint density at radius 2 is 1.79 bits per heavy atom. The number of amides is 2. The highest BCUT2D eigenvalue weighted by molar-refractivity contribution is 5.93. The third-order valence-corrected chi connectivity index (χ3v) is 3.70. The summed E-state index contributed by atoms with van der Waals surface area (Å²) in [4.78, 5) is 24.2. The number of ether oxygens (including phenoxy) is 1. The lowest BCUT2D eigenvalue weighted by Crippen LogP contribution is -2.45. The van der Waals surface area contributed by atoms with Crippen molar-refractivity contribution in [2.75, 3.05) is 12.4 Å². The third kappa shape index (κ3) is 4.84. The summed E-state index contributed by atoms with van der Waals surface area (Å²) in [6.07, 6.45) is 0.369. The molecule has 0 aliphatic heterocycles. The Morgan fingerprint density at radius 3 is 2.42 bits per heavy atom. The van der Waals surface area contributed by atoms with Crippen molar-refractivity contribution in [2.45, 2.75) is 26.3 Å². The molecule has 1 atom stereocenters. The quantitative estimate of drug-likeness (QED) is 0.829. The van der Waals surface area contributed by atoms with Crippen molar-refractivity contribution < 1.29 is 14.3 Å². The molecule has 0 saturated heterocycles. The molecule has 0 aliphatic rings. The second-order valence-corrected chi connectivity index (χ2v) is 5.68. The van der Waals surface area contributed by atoms with Gasteiger partial charge in [-0.2, -0.15) is 0 Å². The van der Waals surface area contributed by atoms with Crippen LogP contribution in [-0.4, -0.2) is 25.2 Å². The molecule has 5 heteroatoms. The molecule has 0 bridgehead atoms. The van der Waals surface area contributed by atoms with Gasteiger partial charge in [0.05, 0.1) is 7.11 Å². The highest BCUT2D eigenvalue weighted by atomic mass is 16.5. The molecule has 0 heterocycles. The second-order valence-electron chi connectivity index (χ2n) is 5.68. The summed E-state index contributed by atoms with van der Waals surface area (Å²) in [6.45, 7) is 3.91. The normalized spacial score (nSPS) is 11.5. The van der Waals surface area contributed by atoms with E-state index in [0.29, 0.717) is 12.1 Å². The Morgan fingerprint density at radius 1 is 1.08 bits per heavy atom. The first-order valence-corrected chi connectivity index (χ1v) is 7.76. The van der Waals surface area contributed by atoms with Crippen molar-refractivity contribution >= 4 is 17.7 Å². The summed E-state index contributed by atoms with van der Waals surface area (Å²) in [7, 11) is 1.31. The molecule has 0 radical (unpaired) electrons. The number of aryl methyl sites for hydroxylation is 2. The van der Waals surface area contributed by atoms with Crippen molar-refractivity contribution in [1.82, 2.24) is 5.32 Å². The number of benzene rings is 2. The minimum absolute atomic E-state index is 0.369. The molecule has 2 rings (SSSR count). The number of hydrogen-bond donors (Lipinski definition) is 2. The number of carbonyl (C=O) groups is 2. The number of anilines is 1. The first kappa shape index (κ1) is 17.5. The fraction of sp³-hybridized carbons (Fsp3) is 0.263. The van der Waals surface area contributed by atoms with Crippen molar-refractivity contribution in [2.24, 2.45) is 0 Å². The number of rotatable bonds is 5. The van der Waals surface area contributed by atoms with E-state index in [2.05, 4.69) is 10.6 Å². The van der Waals surface area contributed by atoms with Crippen molar-refractivity contribution in [1.29, 1.82) is 0 Å². The van der Waals surface area contributed by atoms with Gasteiger partial charge in [0.25, 0.3) is 0 Å². The average molecular weight is 326 g/mol. The largest absolute Gasteiger partial charge is 0.467 e. The number of methoxy groups -OCH3 is 1. The Bertz CT molecular complexity index is 714. The van der Waals surface area contributed by atoms with Gasteiger partial charge in [-0.1, -0.05) is 48.0 Å². The van der Waals surface area contributed by atoms with Crippen LogP contribution in [-0.2, 0) is 16.0 Å². The molecule has 5 nitrogen and oxygen atoms in total. The molecule has 0 aliphatic carbocycles. The van der Waals surface area contributed by atoms with Crippen LogP contribution >= 0.6 is 0 Å². The zero-order valence-electron chi connectivity index (χ0n) is 14.1. The van der Waals surface area contributed by atoms with Gasteiger partial charge in [0, 0.05) is 12.1 Å². The molecule has 126 valence electrons. The first-order valence-electron chi connectivity index (χ1n) is 7.76. The van der Waals surface area contributed by atoms with Crippen molar-refractivity contribution in [3.63, 3.8) is 0 Å². The monoisotopic (exact) mass is 326 g/mol. The molecule has 2 aromatic carbocycles. The predicted octanol–water partition coefficient (Wildman–Crippen LogP) is 3.21. The summed E-state index contributed by atoms with van der Waals surface area (Å²) >= 11 is 0. The SMILES string of the molecule is COC(=O)[C@H](Cc1ccccc1)NC(=O)Nc1ccc(C)cc1C. The highest BCUT2D eigenvalue weighted by Gasteiger charge is 2.22. The van der Waals surface area contributed by atoms with Gasteiger partial charge in [0.1, 0.15) is 6.04 Å². The Kier molecular flexibility index (Phi) is 5.95. The summed E-state index contributed by atoms with van der Waals surface area (Å²) < 4.78 is 4.79. The highest BCUT2D eigenvalue weighted by Crippen LogP contribution is 2.16. The lowest BCUT2D eigenvalue weighted by Gasteiger charge is -2.18. The van der Waals surface area contributed by atoms with E-state index in [1.807, 2.05) is 62.4 Å². The van der Waals surface area contributed by atoms with E-state index >= 15 is 0 Å². The van der Waals surface area contributed by atoms with Gasteiger partial charge in [-0.25, -0.2) is 9.59 Å². The Labute approximate surface area is 142 Å². The fourth-order valence-corrected chi connectivity index (χ4v) is 2.46. The molecular formula is C19H22N2O3. The van der Waals surface area contributed by atoms with Gasteiger partial charge in [0.2, 0.25) is 0 Å². The van der Waals surface area contributed by atoms with Crippen LogP contribution in [0.3, 0.4) is 0 Å². The van der Waals surface area contributed by atoms with Gasteiger partial charge in [0.15, 0.2) is 0 Å². The summed E-state index contributed by atoms with van der Waals surface area (Å²) in [6, 6.07) is 14.0. The lowest BCUT2D eigenvalue weighted by molar-refractivity contribution is -0.142. The molecule has 2 N–H and O–H groups in total. The fourth-order valence-electron chi connectivity index (χ4n) is 2.46. The van der Waals surface area contributed by atoms with Gasteiger partial charge >= 0.3 is 12.0 Å². The zero-order chi connectivity index (χ0) is 17.5. The molecule has 0 aromatic heterocycles. The topological polar surface area (TPSA) is 67.4 Å². The van der Waals surface area contributed by atoms with E-state index < -0.39 is 18.0 Å². The molecular weight excluding hydrogens is 304 g/mol. The zero-order valence-corrected chi connectivity index (χ0v) is 14.1. The molecule has 2 amide bonds. The number of carbonyl (C=O) groups excluding carboxylic acids is 2. The standard InChI is InChI=1S/C19H22N2O3/c1-13-9-10-16(14(2)11-13)20-19(23)21-17(18(22)24-3)12-15-7-5-4-6-8-15/h4-11,17H,12H2,1-3H3,(H2,20,21,23)/t17-/m0/s1. The van der Waals surface area contributed by atoms with Crippen molar-refractivity contribution in [3.05, 3.63) is 65.2 Å². The van der Waals surface area contributed by atoms with Crippen LogP contribution in [0.25, 0.3) is 0 Å². The molecule has 0 saturated carbocycles. The average Bonchev–Trinajstić information content (AvgIpc) is 2.57. The van der Waals surface area contributed by atoms with Crippen LogP contribution < -0.4 is 10.6 Å². The van der Waals surface area contributed by atoms with E-state index in [-0.39, 0.29) is 0 Å². The van der Waals surface area contributed by atoms with E-state index in [0.717, 1.165) is 16.7 Å². The van der Waals surface area contributed by atoms with E-state index in [1.54, 1.807) is 0 Å². The summed E-state index contributed by atoms with van der Waals surface area (Å²) in [5.41, 5.74) is 3.74. The first-order chi connectivity index (χ1) is 11.5. The van der Waals surface area contributed by atoms with Gasteiger partial charge in [-0.15, -0.1) is 0 Å². The smallest absolute Gasteiger partial charge is 0.328 e. The Hall–Kier alpha value is -2.82. The number of nitrogens with one attached hydrogen (secondary N) is 2. The molecule has 0 unspecified atom stereocenters. The van der Waals surface area contributed by atoms with Gasteiger partial charge < -0.3 is 15.4 Å². The van der Waals surface area contributed by atoms with Crippen LogP contribution in [0.1, 0.15) is 16.7 Å². The van der Waals surface area contributed by atoms with E-state index in [4.69, 9.17) is 4.74 Å². The van der Waals surface area contributed by atoms with Crippen molar-refractivity contribution in [3.8, 4) is 0 Å². The van der Waals surface area contributed by atoms with Crippen LogP contribution in [0.15, 0.2) is 48.5 Å². The number of urea groups is 1. The summed E-state index contributed by atoms with van der Waals surface area (Å²) in [5, 5.41) is 5.46.